The molecule has 1 N–H and O–H groups in total. The van der Waals surface area contributed by atoms with Crippen molar-refractivity contribution in [3.8, 4) is 5.75 Å². The molecule has 0 saturated carbocycles. The normalized spacial score (nSPS) is 11.0. The van der Waals surface area contributed by atoms with Crippen LogP contribution >= 0.6 is 11.3 Å². The minimum atomic E-state index is -0.207. The first kappa shape index (κ1) is 16.5. The van der Waals surface area contributed by atoms with Crippen molar-refractivity contribution in [1.82, 2.24) is 4.98 Å². The molecule has 1 amide bonds. The summed E-state index contributed by atoms with van der Waals surface area (Å²) in [5, 5.41) is 3.41. The van der Waals surface area contributed by atoms with E-state index in [9.17, 15) is 4.79 Å². The van der Waals surface area contributed by atoms with Gasteiger partial charge in [0.15, 0.2) is 11.7 Å². The number of aryl methyl sites for hydroxylation is 1. The lowest BCUT2D eigenvalue weighted by atomic mass is 10.0. The fourth-order valence-corrected chi connectivity index (χ4v) is 3.30. The molecule has 0 radical (unpaired) electrons. The second-order valence-corrected chi connectivity index (χ2v) is 7.03. The quantitative estimate of drug-likeness (QED) is 0.729. The molecular weight excluding hydrogens is 320 g/mol. The Bertz CT molecular complexity index is 871. The van der Waals surface area contributed by atoms with E-state index in [-0.39, 0.29) is 12.5 Å². The minimum Gasteiger partial charge on any atom is -0.483 e. The van der Waals surface area contributed by atoms with Crippen molar-refractivity contribution in [2.24, 2.45) is 0 Å². The van der Waals surface area contributed by atoms with E-state index in [2.05, 4.69) is 36.3 Å². The molecule has 2 aromatic carbocycles. The Hall–Kier alpha value is -2.40. The number of nitrogens with zero attached hydrogens (tertiary/aromatic N) is 1. The number of aromatic nitrogens is 1. The molecule has 0 atom stereocenters. The van der Waals surface area contributed by atoms with E-state index in [1.807, 2.05) is 37.3 Å². The third kappa shape index (κ3) is 3.74. The number of hydrogen-bond acceptors (Lipinski definition) is 4. The Balaban J connectivity index is 1.66. The number of thiazole rings is 1. The highest BCUT2D eigenvalue weighted by Crippen LogP contribution is 2.29. The number of anilines is 1. The number of rotatable bonds is 5. The summed E-state index contributed by atoms with van der Waals surface area (Å²) in [6.07, 6.45) is 0. The Kier molecular flexibility index (Phi) is 4.81. The molecule has 0 aliphatic carbocycles. The Morgan fingerprint density at radius 2 is 2.04 bits per heavy atom. The molecule has 0 unspecified atom stereocenters. The van der Waals surface area contributed by atoms with E-state index in [1.165, 1.54) is 16.9 Å². The van der Waals surface area contributed by atoms with Gasteiger partial charge in [-0.15, -0.1) is 0 Å². The number of ether oxygens (including phenoxy) is 1. The Labute approximate surface area is 145 Å². The number of para-hydroxylation sites is 1. The fourth-order valence-electron chi connectivity index (χ4n) is 2.37. The summed E-state index contributed by atoms with van der Waals surface area (Å²) in [7, 11) is 0. The zero-order chi connectivity index (χ0) is 17.1. The van der Waals surface area contributed by atoms with Crippen LogP contribution in [-0.2, 0) is 4.79 Å². The van der Waals surface area contributed by atoms with Gasteiger partial charge in [0.05, 0.1) is 10.2 Å². The van der Waals surface area contributed by atoms with Crippen LogP contribution in [0.2, 0.25) is 0 Å². The molecule has 124 valence electrons. The van der Waals surface area contributed by atoms with Crippen LogP contribution in [0.25, 0.3) is 10.2 Å². The number of carbonyl (C=O) groups excluding carboxylic acids is 1. The number of amides is 1. The van der Waals surface area contributed by atoms with Crippen LogP contribution in [0.3, 0.4) is 0 Å². The van der Waals surface area contributed by atoms with Gasteiger partial charge in [0, 0.05) is 0 Å². The molecule has 1 heterocycles. The number of carbonyl (C=O) groups is 1. The summed E-state index contributed by atoms with van der Waals surface area (Å²) < 4.78 is 6.64. The average molecular weight is 340 g/mol. The van der Waals surface area contributed by atoms with Crippen molar-refractivity contribution in [3.63, 3.8) is 0 Å². The Morgan fingerprint density at radius 1 is 1.25 bits per heavy atom. The first-order chi connectivity index (χ1) is 11.5. The molecular formula is C19H20N2O2S. The molecule has 0 bridgehead atoms. The van der Waals surface area contributed by atoms with Gasteiger partial charge in [0.2, 0.25) is 0 Å². The van der Waals surface area contributed by atoms with Gasteiger partial charge in [-0.25, -0.2) is 4.98 Å². The van der Waals surface area contributed by atoms with Crippen molar-refractivity contribution in [2.75, 3.05) is 11.9 Å². The maximum Gasteiger partial charge on any atom is 0.264 e. The number of hydrogen-bond donors (Lipinski definition) is 1. The predicted octanol–water partition coefficient (Wildman–Crippen LogP) is 4.75. The fraction of sp³-hybridized carbons (Fsp3) is 0.263. The lowest BCUT2D eigenvalue weighted by Gasteiger charge is -2.07. The van der Waals surface area contributed by atoms with Crippen LogP contribution in [0.5, 0.6) is 5.75 Å². The first-order valence-corrected chi connectivity index (χ1v) is 8.73. The van der Waals surface area contributed by atoms with Crippen molar-refractivity contribution >= 4 is 32.6 Å². The van der Waals surface area contributed by atoms with Gasteiger partial charge in [-0.3, -0.25) is 10.1 Å². The van der Waals surface area contributed by atoms with E-state index in [0.29, 0.717) is 11.0 Å². The molecule has 5 heteroatoms. The smallest absolute Gasteiger partial charge is 0.264 e. The van der Waals surface area contributed by atoms with Crippen LogP contribution < -0.4 is 10.1 Å². The van der Waals surface area contributed by atoms with Gasteiger partial charge >= 0.3 is 0 Å². The highest BCUT2D eigenvalue weighted by molar-refractivity contribution is 7.22. The van der Waals surface area contributed by atoms with Gasteiger partial charge < -0.3 is 4.74 Å². The SMILES string of the molecule is Cc1ccccc1OCC(=O)Nc1nc2ccc(C(C)C)cc2s1. The van der Waals surface area contributed by atoms with Gasteiger partial charge in [-0.1, -0.05) is 49.4 Å². The number of nitrogens with one attached hydrogen (secondary N) is 1. The summed E-state index contributed by atoms with van der Waals surface area (Å²) in [6, 6.07) is 13.9. The lowest BCUT2D eigenvalue weighted by molar-refractivity contribution is -0.118. The lowest BCUT2D eigenvalue weighted by Crippen LogP contribution is -2.20. The third-order valence-electron chi connectivity index (χ3n) is 3.78. The van der Waals surface area contributed by atoms with Gasteiger partial charge in [-0.2, -0.15) is 0 Å². The van der Waals surface area contributed by atoms with Crippen molar-refractivity contribution in [3.05, 3.63) is 53.6 Å². The summed E-state index contributed by atoms with van der Waals surface area (Å²) in [4.78, 5) is 16.5. The standard InChI is InChI=1S/C19H20N2O2S/c1-12(2)14-8-9-15-17(10-14)24-19(20-15)21-18(22)11-23-16-7-5-4-6-13(16)3/h4-10,12H,11H2,1-3H3,(H,20,21,22). The van der Waals surface area contributed by atoms with E-state index in [0.717, 1.165) is 21.5 Å². The molecule has 0 spiro atoms. The van der Waals surface area contributed by atoms with Crippen LogP contribution in [0, 0.1) is 6.92 Å². The molecule has 1 aromatic heterocycles. The highest BCUT2D eigenvalue weighted by Gasteiger charge is 2.10. The van der Waals surface area contributed by atoms with Gasteiger partial charge in [0.1, 0.15) is 5.75 Å². The number of benzene rings is 2. The van der Waals surface area contributed by atoms with E-state index in [1.54, 1.807) is 0 Å². The van der Waals surface area contributed by atoms with Gasteiger partial charge in [0.25, 0.3) is 5.91 Å². The van der Waals surface area contributed by atoms with Crippen LogP contribution in [0.15, 0.2) is 42.5 Å². The molecule has 0 saturated heterocycles. The molecule has 3 aromatic rings. The van der Waals surface area contributed by atoms with Gasteiger partial charge in [-0.05, 0) is 42.2 Å². The first-order valence-electron chi connectivity index (χ1n) is 7.91. The summed E-state index contributed by atoms with van der Waals surface area (Å²) in [6.45, 7) is 6.24. The third-order valence-corrected chi connectivity index (χ3v) is 4.71. The summed E-state index contributed by atoms with van der Waals surface area (Å²) >= 11 is 1.48. The molecule has 0 aliphatic heterocycles. The van der Waals surface area contributed by atoms with Crippen LogP contribution in [-0.4, -0.2) is 17.5 Å². The molecule has 24 heavy (non-hydrogen) atoms. The molecule has 0 aliphatic rings. The molecule has 3 rings (SSSR count). The second-order valence-electron chi connectivity index (χ2n) is 6.00. The predicted molar refractivity (Wildman–Crippen MR) is 99.0 cm³/mol. The maximum absolute atomic E-state index is 12.1. The molecule has 4 nitrogen and oxygen atoms in total. The van der Waals surface area contributed by atoms with Crippen molar-refractivity contribution in [1.29, 1.82) is 0 Å². The minimum absolute atomic E-state index is 0.0297. The largest absolute Gasteiger partial charge is 0.483 e. The zero-order valence-electron chi connectivity index (χ0n) is 14.0. The van der Waals surface area contributed by atoms with E-state index >= 15 is 0 Å². The van der Waals surface area contributed by atoms with Crippen molar-refractivity contribution < 1.29 is 9.53 Å². The molecule has 0 fully saturated rings. The van der Waals surface area contributed by atoms with E-state index < -0.39 is 0 Å². The second kappa shape index (κ2) is 7.01. The number of fused-ring (bicyclic) bond motifs is 1. The zero-order valence-corrected chi connectivity index (χ0v) is 14.8. The monoisotopic (exact) mass is 340 g/mol. The summed E-state index contributed by atoms with van der Waals surface area (Å²) in [5.74, 6) is 0.983. The van der Waals surface area contributed by atoms with Crippen LogP contribution in [0.4, 0.5) is 5.13 Å². The average Bonchev–Trinajstić information content (AvgIpc) is 2.95. The van der Waals surface area contributed by atoms with Crippen LogP contribution in [0.1, 0.15) is 30.9 Å². The van der Waals surface area contributed by atoms with Crippen molar-refractivity contribution in [2.45, 2.75) is 26.7 Å². The maximum atomic E-state index is 12.1. The summed E-state index contributed by atoms with van der Waals surface area (Å²) in [5.41, 5.74) is 3.18. The highest BCUT2D eigenvalue weighted by atomic mass is 32.1. The van der Waals surface area contributed by atoms with E-state index in [4.69, 9.17) is 4.74 Å². The Morgan fingerprint density at radius 3 is 2.79 bits per heavy atom. The topological polar surface area (TPSA) is 51.2 Å².